The van der Waals surface area contributed by atoms with Crippen LogP contribution >= 0.6 is 7.60 Å². The minimum absolute atomic E-state index is 0.228. The number of morpholine rings is 1. The van der Waals surface area contributed by atoms with E-state index in [2.05, 4.69) is 4.72 Å². The normalized spacial score (nSPS) is 17.0. The Morgan fingerprint density at radius 1 is 0.964 bits per heavy atom. The maximum atomic E-state index is 13.6. The summed E-state index contributed by atoms with van der Waals surface area (Å²) in [5.74, 6) is -0.487. The van der Waals surface area contributed by atoms with Gasteiger partial charge in [0.25, 0.3) is 10.2 Å². The molecule has 0 aromatic heterocycles. The van der Waals surface area contributed by atoms with Crippen LogP contribution in [0.4, 0.5) is 0 Å². The quantitative estimate of drug-likeness (QED) is 0.653. The number of ether oxygens (including phenoxy) is 1. The molecular formula is C18H23N2O6PS. The van der Waals surface area contributed by atoms with E-state index in [0.717, 1.165) is 0 Å². The van der Waals surface area contributed by atoms with E-state index >= 15 is 0 Å². The van der Waals surface area contributed by atoms with E-state index in [1.807, 2.05) is 0 Å². The Morgan fingerprint density at radius 2 is 1.43 bits per heavy atom. The molecule has 1 N–H and O–H groups in total. The SMILES string of the molecule is CC(NS(=O)(=O)N1CCOCC1)P(=O)(Oc1ccccc1)Oc1ccccc1. The average molecular weight is 426 g/mol. The minimum Gasteiger partial charge on any atom is -0.415 e. The summed E-state index contributed by atoms with van der Waals surface area (Å²) < 4.78 is 59.2. The Morgan fingerprint density at radius 3 is 1.89 bits per heavy atom. The van der Waals surface area contributed by atoms with Crippen LogP contribution < -0.4 is 13.8 Å². The Balaban J connectivity index is 1.83. The fraction of sp³-hybridized carbons (Fsp3) is 0.333. The van der Waals surface area contributed by atoms with Gasteiger partial charge in [-0.2, -0.15) is 17.4 Å². The number of hydrogen-bond donors (Lipinski definition) is 1. The molecule has 0 radical (unpaired) electrons. The molecule has 0 saturated carbocycles. The van der Waals surface area contributed by atoms with Crippen molar-refractivity contribution in [3.63, 3.8) is 0 Å². The highest BCUT2D eigenvalue weighted by atomic mass is 32.2. The summed E-state index contributed by atoms with van der Waals surface area (Å²) in [6.45, 7) is 2.55. The van der Waals surface area contributed by atoms with Crippen molar-refractivity contribution in [3.8, 4) is 11.5 Å². The third kappa shape index (κ3) is 5.33. The summed E-state index contributed by atoms with van der Waals surface area (Å²) in [6, 6.07) is 17.0. The minimum atomic E-state index is -3.95. The van der Waals surface area contributed by atoms with Crippen LogP contribution in [0.15, 0.2) is 60.7 Å². The lowest BCUT2D eigenvalue weighted by Gasteiger charge is -2.30. The number of para-hydroxylation sites is 2. The number of rotatable bonds is 8. The van der Waals surface area contributed by atoms with Crippen LogP contribution in [0.1, 0.15) is 6.92 Å². The summed E-state index contributed by atoms with van der Waals surface area (Å²) in [4.78, 5) is 0. The van der Waals surface area contributed by atoms with Gasteiger partial charge < -0.3 is 13.8 Å². The number of benzene rings is 2. The molecule has 8 nitrogen and oxygen atoms in total. The third-order valence-electron chi connectivity index (χ3n) is 4.06. The van der Waals surface area contributed by atoms with Gasteiger partial charge in [0.05, 0.1) is 13.2 Å². The molecule has 10 heteroatoms. The van der Waals surface area contributed by atoms with E-state index in [1.165, 1.54) is 11.2 Å². The molecule has 152 valence electrons. The van der Waals surface area contributed by atoms with E-state index in [-0.39, 0.29) is 13.1 Å². The number of nitrogens with one attached hydrogen (secondary N) is 1. The van der Waals surface area contributed by atoms with Crippen molar-refractivity contribution in [1.82, 2.24) is 9.03 Å². The first-order valence-electron chi connectivity index (χ1n) is 8.83. The topological polar surface area (TPSA) is 94.2 Å². The summed E-state index contributed by atoms with van der Waals surface area (Å²) >= 11 is 0. The van der Waals surface area contributed by atoms with Gasteiger partial charge in [-0.3, -0.25) is 0 Å². The zero-order chi connectivity index (χ0) is 20.0. The molecule has 1 aliphatic rings. The van der Waals surface area contributed by atoms with Gasteiger partial charge in [0.15, 0.2) is 0 Å². The molecule has 2 aromatic rings. The highest BCUT2D eigenvalue weighted by Crippen LogP contribution is 2.52. The van der Waals surface area contributed by atoms with Crippen LogP contribution in [0, 0.1) is 0 Å². The first-order valence-corrected chi connectivity index (χ1v) is 11.9. The number of nitrogens with zero attached hydrogens (tertiary/aromatic N) is 1. The van der Waals surface area contributed by atoms with Gasteiger partial charge in [0.2, 0.25) is 0 Å². The molecule has 0 bridgehead atoms. The zero-order valence-electron chi connectivity index (χ0n) is 15.4. The fourth-order valence-corrected chi connectivity index (χ4v) is 5.89. The second-order valence-corrected chi connectivity index (χ2v) is 10.1. The largest absolute Gasteiger partial charge is 0.448 e. The molecular weight excluding hydrogens is 403 g/mol. The van der Waals surface area contributed by atoms with Crippen LogP contribution in [-0.4, -0.2) is 44.8 Å². The lowest BCUT2D eigenvalue weighted by atomic mass is 10.3. The molecule has 1 aliphatic heterocycles. The van der Waals surface area contributed by atoms with Crippen molar-refractivity contribution in [2.45, 2.75) is 12.7 Å². The molecule has 1 saturated heterocycles. The van der Waals surface area contributed by atoms with E-state index in [4.69, 9.17) is 13.8 Å². The van der Waals surface area contributed by atoms with E-state index in [1.54, 1.807) is 60.7 Å². The highest BCUT2D eigenvalue weighted by molar-refractivity contribution is 7.87. The van der Waals surface area contributed by atoms with Crippen molar-refractivity contribution in [3.05, 3.63) is 60.7 Å². The smallest absolute Gasteiger partial charge is 0.415 e. The van der Waals surface area contributed by atoms with E-state index in [9.17, 15) is 13.0 Å². The highest BCUT2D eigenvalue weighted by Gasteiger charge is 2.40. The predicted octanol–water partition coefficient (Wildman–Crippen LogP) is 2.85. The molecule has 1 atom stereocenters. The van der Waals surface area contributed by atoms with Crippen LogP contribution in [0.3, 0.4) is 0 Å². The van der Waals surface area contributed by atoms with Gasteiger partial charge in [0, 0.05) is 13.1 Å². The monoisotopic (exact) mass is 426 g/mol. The van der Waals surface area contributed by atoms with Gasteiger partial charge in [-0.25, -0.2) is 4.57 Å². The lowest BCUT2D eigenvalue weighted by molar-refractivity contribution is 0.0724. The third-order valence-corrected chi connectivity index (χ3v) is 7.93. The predicted molar refractivity (Wildman–Crippen MR) is 106 cm³/mol. The Bertz CT molecular complexity index is 859. The molecule has 0 aliphatic carbocycles. The molecule has 0 spiro atoms. The lowest BCUT2D eigenvalue weighted by Crippen LogP contribution is -2.49. The van der Waals surface area contributed by atoms with Crippen LogP contribution in [0.25, 0.3) is 0 Å². The second-order valence-electron chi connectivity index (χ2n) is 6.16. The van der Waals surface area contributed by atoms with Crippen molar-refractivity contribution < 1.29 is 26.8 Å². The summed E-state index contributed by atoms with van der Waals surface area (Å²) in [6.07, 6.45) is 0. The Labute approximate surface area is 165 Å². The van der Waals surface area contributed by atoms with Gasteiger partial charge in [-0.15, -0.1) is 0 Å². The number of hydrogen-bond acceptors (Lipinski definition) is 6. The van der Waals surface area contributed by atoms with Crippen LogP contribution in [0.5, 0.6) is 11.5 Å². The summed E-state index contributed by atoms with van der Waals surface area (Å²) in [5.41, 5.74) is 0. The first kappa shape index (κ1) is 20.8. The van der Waals surface area contributed by atoms with Gasteiger partial charge in [-0.05, 0) is 31.2 Å². The van der Waals surface area contributed by atoms with E-state index < -0.39 is 23.6 Å². The zero-order valence-corrected chi connectivity index (χ0v) is 17.1. The summed E-state index contributed by atoms with van der Waals surface area (Å²) in [5, 5.41) is 0. The Hall–Kier alpha value is -1.90. The van der Waals surface area contributed by atoms with Crippen molar-refractivity contribution in [1.29, 1.82) is 0 Å². The molecule has 0 amide bonds. The van der Waals surface area contributed by atoms with Crippen molar-refractivity contribution >= 4 is 17.8 Å². The standard InChI is InChI=1S/C18H23N2O6PS/c1-16(19-28(22,23)20-12-14-24-15-13-20)27(21,25-17-8-4-2-5-9-17)26-18-10-6-3-7-11-18/h2-11,16,19H,12-15H2,1H3. The molecule has 2 aromatic carbocycles. The maximum Gasteiger partial charge on any atom is 0.448 e. The van der Waals surface area contributed by atoms with Crippen LogP contribution in [0.2, 0.25) is 0 Å². The van der Waals surface area contributed by atoms with Gasteiger partial charge >= 0.3 is 7.60 Å². The average Bonchev–Trinajstić information content (AvgIpc) is 2.70. The first-order chi connectivity index (χ1) is 13.4. The van der Waals surface area contributed by atoms with E-state index in [0.29, 0.717) is 24.7 Å². The van der Waals surface area contributed by atoms with Gasteiger partial charge in [-0.1, -0.05) is 36.4 Å². The van der Waals surface area contributed by atoms with Crippen LogP contribution in [-0.2, 0) is 19.5 Å². The summed E-state index contributed by atoms with van der Waals surface area (Å²) in [7, 11) is -7.83. The molecule has 1 unspecified atom stereocenters. The fourth-order valence-electron chi connectivity index (χ4n) is 2.57. The van der Waals surface area contributed by atoms with Crippen molar-refractivity contribution in [2.75, 3.05) is 26.3 Å². The second kappa shape index (κ2) is 9.07. The van der Waals surface area contributed by atoms with Crippen molar-refractivity contribution in [2.24, 2.45) is 0 Å². The Kier molecular flexibility index (Phi) is 6.74. The molecule has 1 fully saturated rings. The maximum absolute atomic E-state index is 13.6. The molecule has 1 heterocycles. The molecule has 28 heavy (non-hydrogen) atoms. The van der Waals surface area contributed by atoms with Gasteiger partial charge in [0.1, 0.15) is 17.3 Å². The molecule has 3 rings (SSSR count).